The molecule has 0 saturated carbocycles. The molecule has 4 heterocycles. The molecular weight excluding hydrogens is 382 g/mol. The summed E-state index contributed by atoms with van der Waals surface area (Å²) >= 11 is 6.09. The van der Waals surface area contributed by atoms with E-state index in [1.54, 1.807) is 33.5 Å². The van der Waals surface area contributed by atoms with E-state index in [-0.39, 0.29) is 29.0 Å². The molecule has 0 unspecified atom stereocenters. The average molecular weight is 396 g/mol. The Labute approximate surface area is 163 Å². The van der Waals surface area contributed by atoms with Crippen LogP contribution in [-0.2, 0) is 4.79 Å². The third kappa shape index (κ3) is 2.51. The molecule has 0 aliphatic carbocycles. The minimum Gasteiger partial charge on any atom is -0.506 e. The Balaban J connectivity index is 1.67. The lowest BCUT2D eigenvalue weighted by molar-refractivity contribution is -0.116. The maximum atomic E-state index is 12.4. The van der Waals surface area contributed by atoms with Crippen molar-refractivity contribution in [1.29, 1.82) is 0 Å². The van der Waals surface area contributed by atoms with Gasteiger partial charge >= 0.3 is 0 Å². The van der Waals surface area contributed by atoms with E-state index in [4.69, 9.17) is 11.6 Å². The number of halogens is 1. The Morgan fingerprint density at radius 2 is 2.11 bits per heavy atom. The van der Waals surface area contributed by atoms with Gasteiger partial charge in [0.15, 0.2) is 11.5 Å². The largest absolute Gasteiger partial charge is 0.506 e. The zero-order chi connectivity index (χ0) is 19.4. The first-order chi connectivity index (χ1) is 13.5. The van der Waals surface area contributed by atoms with Gasteiger partial charge in [-0.3, -0.25) is 4.79 Å². The van der Waals surface area contributed by atoms with Crippen LogP contribution in [0.1, 0.15) is 29.2 Å². The summed E-state index contributed by atoms with van der Waals surface area (Å²) in [5.74, 6) is 0.747. The Bertz CT molecular complexity index is 1250. The molecule has 3 aromatic heterocycles. The summed E-state index contributed by atoms with van der Waals surface area (Å²) in [5.41, 5.74) is 3.12. The first kappa shape index (κ1) is 16.7. The highest BCUT2D eigenvalue weighted by Crippen LogP contribution is 2.41. The second-order valence-electron chi connectivity index (χ2n) is 6.60. The fourth-order valence-corrected chi connectivity index (χ4v) is 3.76. The predicted octanol–water partition coefficient (Wildman–Crippen LogP) is 2.45. The first-order valence-electron chi connectivity index (χ1n) is 8.56. The van der Waals surface area contributed by atoms with Crippen molar-refractivity contribution < 1.29 is 9.90 Å². The third-order valence-corrected chi connectivity index (χ3v) is 5.14. The van der Waals surface area contributed by atoms with E-state index in [1.165, 1.54) is 12.4 Å². The number of fused-ring (bicyclic) bond motifs is 2. The van der Waals surface area contributed by atoms with Gasteiger partial charge in [-0.1, -0.05) is 17.7 Å². The number of anilines is 1. The third-order valence-electron chi connectivity index (χ3n) is 4.84. The molecular formula is C18H14ClN7O2. The van der Waals surface area contributed by atoms with E-state index in [9.17, 15) is 9.90 Å². The molecule has 4 aromatic rings. The van der Waals surface area contributed by atoms with Crippen molar-refractivity contribution >= 4 is 29.0 Å². The van der Waals surface area contributed by atoms with Crippen molar-refractivity contribution in [2.75, 3.05) is 5.32 Å². The quantitative estimate of drug-likeness (QED) is 0.539. The van der Waals surface area contributed by atoms with Gasteiger partial charge in [0.1, 0.15) is 17.9 Å². The summed E-state index contributed by atoms with van der Waals surface area (Å²) in [6, 6.07) is 8.53. The van der Waals surface area contributed by atoms with Gasteiger partial charge in [0.2, 0.25) is 5.91 Å². The van der Waals surface area contributed by atoms with Crippen LogP contribution < -0.4 is 5.32 Å². The van der Waals surface area contributed by atoms with Crippen LogP contribution in [0.4, 0.5) is 5.82 Å². The smallest absolute Gasteiger partial charge is 0.226 e. The number of aryl methyl sites for hydroxylation is 1. The van der Waals surface area contributed by atoms with Crippen LogP contribution in [0.5, 0.6) is 5.75 Å². The van der Waals surface area contributed by atoms with Gasteiger partial charge in [0.05, 0.1) is 10.7 Å². The zero-order valence-corrected chi connectivity index (χ0v) is 15.4. The molecule has 1 aromatic carbocycles. The average Bonchev–Trinajstić information content (AvgIpc) is 3.27. The van der Waals surface area contributed by atoms with E-state index < -0.39 is 0 Å². The number of carbonyl (C=O) groups excluding carboxylic acids is 1. The summed E-state index contributed by atoms with van der Waals surface area (Å²) < 4.78 is 3.15. The molecule has 0 saturated heterocycles. The van der Waals surface area contributed by atoms with Crippen molar-refractivity contribution in [3.63, 3.8) is 0 Å². The molecule has 2 N–H and O–H groups in total. The molecule has 10 heteroatoms. The Kier molecular flexibility index (Phi) is 3.59. The molecule has 140 valence electrons. The number of hydrogen-bond acceptors (Lipinski definition) is 6. The Hall–Kier alpha value is -3.46. The summed E-state index contributed by atoms with van der Waals surface area (Å²) in [6.45, 7) is 1.89. The van der Waals surface area contributed by atoms with Gasteiger partial charge in [-0.2, -0.15) is 14.3 Å². The molecule has 9 nitrogen and oxygen atoms in total. The van der Waals surface area contributed by atoms with Crippen molar-refractivity contribution in [3.05, 3.63) is 58.5 Å². The van der Waals surface area contributed by atoms with Crippen LogP contribution in [0.3, 0.4) is 0 Å². The fraction of sp³-hybridized carbons (Fsp3) is 0.167. The summed E-state index contributed by atoms with van der Waals surface area (Å²) in [6.07, 6.45) is 1.76. The van der Waals surface area contributed by atoms with Crippen molar-refractivity contribution in [1.82, 2.24) is 29.6 Å². The van der Waals surface area contributed by atoms with Crippen LogP contribution in [0.15, 0.2) is 36.7 Å². The predicted molar refractivity (Wildman–Crippen MR) is 101 cm³/mol. The standard InChI is InChI=1S/C18H14ClN7O2/c1-9-17-11(10-2-3-13(27)12(19)6-10)7-16(28)21-18(17)26(23-9)15-5-4-14-22-20-8-25(14)24-15/h2-6,8,11,27H,7H2,1H3,(H,21,28)/t11-/m1/s1. The zero-order valence-electron chi connectivity index (χ0n) is 14.7. The maximum Gasteiger partial charge on any atom is 0.226 e. The number of hydrogen-bond donors (Lipinski definition) is 2. The fourth-order valence-electron chi connectivity index (χ4n) is 3.57. The molecule has 28 heavy (non-hydrogen) atoms. The van der Waals surface area contributed by atoms with Gasteiger partial charge in [0, 0.05) is 17.9 Å². The molecule has 0 radical (unpaired) electrons. The SMILES string of the molecule is Cc1nn(-c2ccc3nncn3n2)c2c1[C@@H](c1ccc(O)c(Cl)c1)CC(=O)N2. The lowest BCUT2D eigenvalue weighted by atomic mass is 9.86. The number of amides is 1. The van der Waals surface area contributed by atoms with Gasteiger partial charge in [0.25, 0.3) is 0 Å². The van der Waals surface area contributed by atoms with Crippen molar-refractivity contribution in [2.45, 2.75) is 19.3 Å². The number of rotatable bonds is 2. The summed E-state index contributed by atoms with van der Waals surface area (Å²) in [5, 5.41) is 29.7. The Morgan fingerprint density at radius 1 is 1.25 bits per heavy atom. The normalized spacial score (nSPS) is 16.2. The van der Waals surface area contributed by atoms with E-state index in [0.717, 1.165) is 16.8 Å². The molecule has 0 bridgehead atoms. The highest BCUT2D eigenvalue weighted by atomic mass is 35.5. The van der Waals surface area contributed by atoms with Gasteiger partial charge in [-0.15, -0.1) is 15.3 Å². The monoisotopic (exact) mass is 395 g/mol. The first-order valence-corrected chi connectivity index (χ1v) is 8.94. The van der Waals surface area contributed by atoms with Gasteiger partial charge < -0.3 is 10.4 Å². The summed E-state index contributed by atoms with van der Waals surface area (Å²) in [7, 11) is 0. The van der Waals surface area contributed by atoms with Crippen LogP contribution in [0.2, 0.25) is 5.02 Å². The van der Waals surface area contributed by atoms with Gasteiger partial charge in [-0.25, -0.2) is 0 Å². The summed E-state index contributed by atoms with van der Waals surface area (Å²) in [4.78, 5) is 12.4. The lowest BCUT2D eigenvalue weighted by Gasteiger charge is -2.24. The van der Waals surface area contributed by atoms with E-state index in [0.29, 0.717) is 17.3 Å². The number of phenols is 1. The maximum absolute atomic E-state index is 12.4. The highest BCUT2D eigenvalue weighted by Gasteiger charge is 2.33. The number of nitrogens with zero attached hydrogens (tertiary/aromatic N) is 6. The Morgan fingerprint density at radius 3 is 2.93 bits per heavy atom. The number of aromatic nitrogens is 6. The van der Waals surface area contributed by atoms with Crippen LogP contribution in [-0.4, -0.2) is 40.6 Å². The second kappa shape index (κ2) is 6.03. The molecule has 1 atom stereocenters. The van der Waals surface area contributed by atoms with E-state index in [1.807, 2.05) is 6.92 Å². The molecule has 0 fully saturated rings. The highest BCUT2D eigenvalue weighted by molar-refractivity contribution is 6.32. The molecule has 1 aliphatic rings. The number of nitrogens with one attached hydrogen (secondary N) is 1. The molecule has 0 spiro atoms. The molecule has 1 aliphatic heterocycles. The minimum absolute atomic E-state index is 0.00441. The molecule has 5 rings (SSSR count). The minimum atomic E-state index is -0.228. The van der Waals surface area contributed by atoms with E-state index >= 15 is 0 Å². The van der Waals surface area contributed by atoms with Crippen LogP contribution in [0, 0.1) is 6.92 Å². The second-order valence-corrected chi connectivity index (χ2v) is 7.01. The van der Waals surface area contributed by atoms with Crippen LogP contribution in [0.25, 0.3) is 11.5 Å². The number of carbonyl (C=O) groups is 1. The molecule has 1 amide bonds. The number of benzene rings is 1. The van der Waals surface area contributed by atoms with Gasteiger partial charge in [-0.05, 0) is 36.8 Å². The number of phenolic OH excluding ortho intramolecular Hbond substituents is 1. The lowest BCUT2D eigenvalue weighted by Crippen LogP contribution is -2.25. The van der Waals surface area contributed by atoms with Crippen molar-refractivity contribution in [3.8, 4) is 11.6 Å². The van der Waals surface area contributed by atoms with Crippen molar-refractivity contribution in [2.24, 2.45) is 0 Å². The number of aromatic hydroxyl groups is 1. The topological polar surface area (TPSA) is 110 Å². The van der Waals surface area contributed by atoms with Crippen LogP contribution >= 0.6 is 11.6 Å². The van der Waals surface area contributed by atoms with E-state index in [2.05, 4.69) is 25.7 Å².